The van der Waals surface area contributed by atoms with Crippen molar-refractivity contribution in [2.75, 3.05) is 13.1 Å². The molecule has 0 heterocycles. The lowest BCUT2D eigenvalue weighted by Gasteiger charge is -2.29. The maximum Gasteiger partial charge on any atom is 0.226 e. The van der Waals surface area contributed by atoms with Crippen LogP contribution in [-0.4, -0.2) is 39.9 Å². The molecule has 0 aliphatic heterocycles. The van der Waals surface area contributed by atoms with Crippen LogP contribution in [0.25, 0.3) is 12.2 Å². The number of Topliss-reactive ketones (excluding diaryl/α,β-unsaturated/α-hetero) is 1. The summed E-state index contributed by atoms with van der Waals surface area (Å²) in [6, 6.07) is 13.4. The Labute approximate surface area is 177 Å². The van der Waals surface area contributed by atoms with Gasteiger partial charge in [-0.15, -0.1) is 0 Å². The van der Waals surface area contributed by atoms with Gasteiger partial charge < -0.3 is 15.1 Å². The van der Waals surface area contributed by atoms with Crippen molar-refractivity contribution in [3.05, 3.63) is 70.8 Å². The van der Waals surface area contributed by atoms with Gasteiger partial charge in [0.15, 0.2) is 5.78 Å². The number of benzene rings is 2. The minimum atomic E-state index is -0.324. The fraction of sp³-hybridized carbons (Fsp3) is 0.280. The second-order valence-corrected chi connectivity index (χ2v) is 7.47. The van der Waals surface area contributed by atoms with Crippen LogP contribution in [0.1, 0.15) is 37.8 Å². The zero-order valence-electron chi connectivity index (χ0n) is 17.3. The van der Waals surface area contributed by atoms with Crippen molar-refractivity contribution in [1.29, 1.82) is 0 Å². The van der Waals surface area contributed by atoms with Crippen molar-refractivity contribution >= 4 is 23.8 Å². The number of hydrogen-bond donors (Lipinski definition) is 2. The van der Waals surface area contributed by atoms with Gasteiger partial charge in [-0.2, -0.15) is 0 Å². The fourth-order valence-electron chi connectivity index (χ4n) is 3.84. The van der Waals surface area contributed by atoms with Gasteiger partial charge in [-0.1, -0.05) is 24.3 Å². The molecule has 0 atom stereocenters. The summed E-state index contributed by atoms with van der Waals surface area (Å²) in [5.74, 6) is -0.145. The van der Waals surface area contributed by atoms with Gasteiger partial charge >= 0.3 is 0 Å². The van der Waals surface area contributed by atoms with E-state index in [0.29, 0.717) is 48.2 Å². The van der Waals surface area contributed by atoms with E-state index in [9.17, 15) is 19.8 Å². The van der Waals surface area contributed by atoms with Gasteiger partial charge in [-0.25, -0.2) is 0 Å². The Morgan fingerprint density at radius 2 is 1.40 bits per heavy atom. The first-order valence-electron chi connectivity index (χ1n) is 10.2. The second kappa shape index (κ2) is 9.44. The molecule has 0 radical (unpaired) electrons. The van der Waals surface area contributed by atoms with Crippen molar-refractivity contribution in [2.45, 2.75) is 26.7 Å². The molecule has 0 spiro atoms. The summed E-state index contributed by atoms with van der Waals surface area (Å²) in [5.41, 5.74) is 2.52. The van der Waals surface area contributed by atoms with Crippen LogP contribution < -0.4 is 0 Å². The molecule has 0 unspecified atom stereocenters. The minimum absolute atomic E-state index is 0.0381. The molecule has 1 aliphatic rings. The molecule has 1 fully saturated rings. The van der Waals surface area contributed by atoms with Crippen LogP contribution in [0, 0.1) is 5.92 Å². The standard InChI is InChI=1S/C25H27NO4/c1-3-26(4-2)25(30)21-15-19(11-17-7-5-9-22(27)13-17)24(29)20(16-21)12-18-8-6-10-23(28)14-18/h5-14,21,27-28H,3-4,15-16H2,1-2H3/b19-11+,20-12+. The number of aromatic hydroxyl groups is 2. The van der Waals surface area contributed by atoms with Crippen LogP contribution in [0.2, 0.25) is 0 Å². The summed E-state index contributed by atoms with van der Waals surface area (Å²) < 4.78 is 0. The Morgan fingerprint density at radius 3 is 1.80 bits per heavy atom. The summed E-state index contributed by atoms with van der Waals surface area (Å²) in [4.78, 5) is 28.0. The third kappa shape index (κ3) is 4.98. The number of ketones is 1. The Balaban J connectivity index is 2.01. The van der Waals surface area contributed by atoms with Crippen LogP contribution in [0.3, 0.4) is 0 Å². The smallest absolute Gasteiger partial charge is 0.226 e. The Hall–Kier alpha value is -3.34. The van der Waals surface area contributed by atoms with E-state index < -0.39 is 0 Å². The molecule has 3 rings (SSSR count). The maximum atomic E-state index is 13.2. The van der Waals surface area contributed by atoms with E-state index in [2.05, 4.69) is 0 Å². The van der Waals surface area contributed by atoms with Crippen LogP contribution in [-0.2, 0) is 9.59 Å². The molecular weight excluding hydrogens is 378 g/mol. The predicted molar refractivity (Wildman–Crippen MR) is 118 cm³/mol. The number of allylic oxidation sites excluding steroid dienone is 2. The SMILES string of the molecule is CCN(CC)C(=O)C1C/C(=C\c2cccc(O)c2)C(=O)/C(=C/c2cccc(O)c2)C1. The van der Waals surface area contributed by atoms with Gasteiger partial charge in [0.25, 0.3) is 0 Å². The minimum Gasteiger partial charge on any atom is -0.508 e. The van der Waals surface area contributed by atoms with Crippen molar-refractivity contribution in [3.63, 3.8) is 0 Å². The van der Waals surface area contributed by atoms with Gasteiger partial charge in [0, 0.05) is 30.2 Å². The van der Waals surface area contributed by atoms with Crippen molar-refractivity contribution in [3.8, 4) is 11.5 Å². The quantitative estimate of drug-likeness (QED) is 0.722. The van der Waals surface area contributed by atoms with Crippen LogP contribution in [0.5, 0.6) is 11.5 Å². The highest BCUT2D eigenvalue weighted by atomic mass is 16.3. The molecule has 2 aromatic rings. The first-order chi connectivity index (χ1) is 14.4. The number of hydrogen-bond acceptors (Lipinski definition) is 4. The average molecular weight is 405 g/mol. The van der Waals surface area contributed by atoms with E-state index >= 15 is 0 Å². The molecule has 1 amide bonds. The van der Waals surface area contributed by atoms with E-state index in [1.807, 2.05) is 26.0 Å². The Bertz CT molecular complexity index is 934. The molecular formula is C25H27NO4. The van der Waals surface area contributed by atoms with E-state index in [4.69, 9.17) is 0 Å². The normalized spacial score (nSPS) is 19.3. The molecule has 2 N–H and O–H groups in total. The molecule has 156 valence electrons. The zero-order chi connectivity index (χ0) is 21.7. The average Bonchev–Trinajstić information content (AvgIpc) is 2.71. The first-order valence-corrected chi connectivity index (χ1v) is 10.2. The second-order valence-electron chi connectivity index (χ2n) is 7.47. The number of rotatable bonds is 5. The lowest BCUT2D eigenvalue weighted by molar-refractivity contribution is -0.135. The third-order valence-corrected chi connectivity index (χ3v) is 5.36. The van der Waals surface area contributed by atoms with Crippen LogP contribution in [0.4, 0.5) is 0 Å². The highest BCUT2D eigenvalue weighted by Gasteiger charge is 2.33. The molecule has 0 aromatic heterocycles. The number of carbonyl (C=O) groups is 2. The fourth-order valence-corrected chi connectivity index (χ4v) is 3.84. The topological polar surface area (TPSA) is 77.8 Å². The number of carbonyl (C=O) groups excluding carboxylic acids is 2. The predicted octanol–water partition coefficient (Wildman–Crippen LogP) is 4.41. The van der Waals surface area contributed by atoms with Crippen molar-refractivity contribution in [1.82, 2.24) is 4.90 Å². The molecule has 0 bridgehead atoms. The van der Waals surface area contributed by atoms with Gasteiger partial charge in [-0.05, 0) is 74.2 Å². The van der Waals surface area contributed by atoms with E-state index in [1.165, 1.54) is 0 Å². The maximum absolute atomic E-state index is 13.2. The monoisotopic (exact) mass is 405 g/mol. The summed E-state index contributed by atoms with van der Waals surface area (Å²) in [6.45, 7) is 5.14. The van der Waals surface area contributed by atoms with E-state index in [1.54, 1.807) is 53.5 Å². The lowest BCUT2D eigenvalue weighted by atomic mass is 9.79. The highest BCUT2D eigenvalue weighted by molar-refractivity contribution is 6.15. The molecule has 1 saturated carbocycles. The van der Waals surface area contributed by atoms with Gasteiger partial charge in [-0.3, -0.25) is 9.59 Å². The van der Waals surface area contributed by atoms with Crippen LogP contribution >= 0.6 is 0 Å². The van der Waals surface area contributed by atoms with Gasteiger partial charge in [0.05, 0.1) is 0 Å². The molecule has 2 aromatic carbocycles. The Kier molecular flexibility index (Phi) is 6.72. The van der Waals surface area contributed by atoms with E-state index in [0.717, 1.165) is 0 Å². The van der Waals surface area contributed by atoms with Crippen LogP contribution in [0.15, 0.2) is 59.7 Å². The highest BCUT2D eigenvalue weighted by Crippen LogP contribution is 2.34. The molecule has 5 nitrogen and oxygen atoms in total. The summed E-state index contributed by atoms with van der Waals surface area (Å²) in [7, 11) is 0. The van der Waals surface area contributed by atoms with Crippen molar-refractivity contribution in [2.24, 2.45) is 5.92 Å². The molecule has 0 saturated heterocycles. The summed E-state index contributed by atoms with van der Waals surface area (Å²) >= 11 is 0. The molecule has 5 heteroatoms. The number of phenolic OH excluding ortho intramolecular Hbond substituents is 2. The molecule has 30 heavy (non-hydrogen) atoms. The summed E-state index contributed by atoms with van der Waals surface area (Å²) in [5, 5.41) is 19.5. The van der Waals surface area contributed by atoms with Gasteiger partial charge in [0.1, 0.15) is 11.5 Å². The number of amides is 1. The number of nitrogens with zero attached hydrogens (tertiary/aromatic N) is 1. The largest absolute Gasteiger partial charge is 0.508 e. The van der Waals surface area contributed by atoms with Crippen molar-refractivity contribution < 1.29 is 19.8 Å². The summed E-state index contributed by atoms with van der Waals surface area (Å²) in [6.07, 6.45) is 4.22. The third-order valence-electron chi connectivity index (χ3n) is 5.36. The number of phenols is 2. The first kappa shape index (κ1) is 21.4. The Morgan fingerprint density at radius 1 is 0.933 bits per heavy atom. The van der Waals surface area contributed by atoms with E-state index in [-0.39, 0.29) is 29.1 Å². The zero-order valence-corrected chi connectivity index (χ0v) is 17.3. The molecule has 1 aliphatic carbocycles. The lowest BCUT2D eigenvalue weighted by Crippen LogP contribution is -2.38. The van der Waals surface area contributed by atoms with Gasteiger partial charge in [0.2, 0.25) is 5.91 Å².